The second-order valence-electron chi connectivity index (χ2n) is 6.96. The Kier molecular flexibility index (Phi) is 5.99. The average molecular weight is 417 g/mol. The summed E-state index contributed by atoms with van der Waals surface area (Å²) in [6.45, 7) is 7.24. The summed E-state index contributed by atoms with van der Waals surface area (Å²) < 4.78 is 6.87. The standard InChI is InChI=1S/C20H24N4O2S2/c1-3-24-10-8-14(9-11-24)21-19(25)18-16(12-27-20-23-22-13(2)28-20)15-6-4-5-7-17(15)26-18/h4-7,14H,3,8-12H2,1-2H3,(H,21,25). The number of para-hydroxylation sites is 1. The summed E-state index contributed by atoms with van der Waals surface area (Å²) in [5, 5.41) is 13.4. The molecular weight excluding hydrogens is 392 g/mol. The van der Waals surface area contributed by atoms with Gasteiger partial charge in [0, 0.05) is 35.8 Å². The molecule has 0 radical (unpaired) electrons. The van der Waals surface area contributed by atoms with Crippen LogP contribution in [0.1, 0.15) is 40.9 Å². The van der Waals surface area contributed by atoms with Gasteiger partial charge in [-0.3, -0.25) is 4.79 Å². The minimum atomic E-state index is -0.116. The number of nitrogens with zero attached hydrogens (tertiary/aromatic N) is 3. The molecule has 0 saturated carbocycles. The van der Waals surface area contributed by atoms with Crippen LogP contribution in [-0.4, -0.2) is 46.7 Å². The minimum absolute atomic E-state index is 0.116. The van der Waals surface area contributed by atoms with E-state index in [1.54, 1.807) is 23.1 Å². The molecule has 28 heavy (non-hydrogen) atoms. The number of furan rings is 1. The molecule has 1 aliphatic rings. The summed E-state index contributed by atoms with van der Waals surface area (Å²) >= 11 is 3.16. The van der Waals surface area contributed by atoms with Gasteiger partial charge in [-0.1, -0.05) is 48.2 Å². The van der Waals surface area contributed by atoms with Gasteiger partial charge in [-0.2, -0.15) is 0 Å². The van der Waals surface area contributed by atoms with Crippen LogP contribution < -0.4 is 5.32 Å². The quantitative estimate of drug-likeness (QED) is 0.610. The van der Waals surface area contributed by atoms with Crippen molar-refractivity contribution in [2.24, 2.45) is 0 Å². The molecule has 0 aliphatic carbocycles. The molecule has 2 aromatic heterocycles. The van der Waals surface area contributed by atoms with Gasteiger partial charge in [-0.15, -0.1) is 10.2 Å². The van der Waals surface area contributed by atoms with Crippen molar-refractivity contribution in [3.63, 3.8) is 0 Å². The first kappa shape index (κ1) is 19.4. The van der Waals surface area contributed by atoms with Crippen LogP contribution in [0.25, 0.3) is 11.0 Å². The molecule has 0 spiro atoms. The average Bonchev–Trinajstić information content (AvgIpc) is 3.30. The highest BCUT2D eigenvalue weighted by Crippen LogP contribution is 2.33. The van der Waals surface area contributed by atoms with Crippen molar-refractivity contribution in [1.82, 2.24) is 20.4 Å². The number of carbonyl (C=O) groups is 1. The fraction of sp³-hybridized carbons (Fsp3) is 0.450. The van der Waals surface area contributed by atoms with Gasteiger partial charge in [-0.05, 0) is 32.4 Å². The zero-order valence-corrected chi connectivity index (χ0v) is 17.7. The molecule has 1 aliphatic heterocycles. The number of aryl methyl sites for hydroxylation is 1. The summed E-state index contributed by atoms with van der Waals surface area (Å²) in [6, 6.07) is 8.03. The number of thioether (sulfide) groups is 1. The summed E-state index contributed by atoms with van der Waals surface area (Å²) in [5.41, 5.74) is 1.68. The van der Waals surface area contributed by atoms with Gasteiger partial charge >= 0.3 is 0 Å². The fourth-order valence-corrected chi connectivity index (χ4v) is 5.38. The normalized spacial score (nSPS) is 15.9. The highest BCUT2D eigenvalue weighted by atomic mass is 32.2. The van der Waals surface area contributed by atoms with Gasteiger partial charge < -0.3 is 14.6 Å². The van der Waals surface area contributed by atoms with Crippen LogP contribution in [0.5, 0.6) is 0 Å². The molecule has 8 heteroatoms. The molecule has 1 saturated heterocycles. The molecule has 3 aromatic rings. The number of aromatic nitrogens is 2. The third-order valence-electron chi connectivity index (χ3n) is 5.12. The van der Waals surface area contributed by atoms with Gasteiger partial charge in [0.15, 0.2) is 10.1 Å². The Hall–Kier alpha value is -1.90. The van der Waals surface area contributed by atoms with Gasteiger partial charge in [0.2, 0.25) is 0 Å². The van der Waals surface area contributed by atoms with Crippen molar-refractivity contribution < 1.29 is 9.21 Å². The predicted molar refractivity (Wildman–Crippen MR) is 113 cm³/mol. The summed E-state index contributed by atoms with van der Waals surface area (Å²) in [4.78, 5) is 15.4. The van der Waals surface area contributed by atoms with Gasteiger partial charge in [0.1, 0.15) is 10.6 Å². The Bertz CT molecular complexity index is 960. The number of hydrogen-bond acceptors (Lipinski definition) is 7. The monoisotopic (exact) mass is 416 g/mol. The highest BCUT2D eigenvalue weighted by Gasteiger charge is 2.25. The molecule has 0 atom stereocenters. The van der Waals surface area contributed by atoms with Crippen LogP contribution >= 0.6 is 23.1 Å². The lowest BCUT2D eigenvalue weighted by molar-refractivity contribution is 0.0886. The van der Waals surface area contributed by atoms with E-state index in [0.717, 1.165) is 58.4 Å². The zero-order valence-electron chi connectivity index (χ0n) is 16.1. The van der Waals surface area contributed by atoms with Crippen LogP contribution in [0.2, 0.25) is 0 Å². The van der Waals surface area contributed by atoms with Crippen molar-refractivity contribution in [1.29, 1.82) is 0 Å². The molecule has 1 amide bonds. The second-order valence-corrected chi connectivity index (χ2v) is 9.37. The van der Waals surface area contributed by atoms with E-state index in [9.17, 15) is 4.79 Å². The first-order chi connectivity index (χ1) is 13.6. The molecule has 0 bridgehead atoms. The van der Waals surface area contributed by atoms with Crippen LogP contribution in [0, 0.1) is 6.92 Å². The maximum atomic E-state index is 13.0. The number of carbonyl (C=O) groups excluding carboxylic acids is 1. The third kappa shape index (κ3) is 4.24. The van der Waals surface area contributed by atoms with E-state index < -0.39 is 0 Å². The van der Waals surface area contributed by atoms with Crippen LogP contribution in [0.4, 0.5) is 0 Å². The highest BCUT2D eigenvalue weighted by molar-refractivity contribution is 8.00. The molecule has 4 rings (SSSR count). The van der Waals surface area contributed by atoms with Crippen molar-refractivity contribution in [2.75, 3.05) is 19.6 Å². The first-order valence-electron chi connectivity index (χ1n) is 9.60. The SMILES string of the molecule is CCN1CCC(NC(=O)c2oc3ccccc3c2CSc2nnc(C)s2)CC1. The van der Waals surface area contributed by atoms with E-state index in [1.807, 2.05) is 31.2 Å². The predicted octanol–water partition coefficient (Wildman–Crippen LogP) is 4.10. The van der Waals surface area contributed by atoms with E-state index in [4.69, 9.17) is 4.42 Å². The molecule has 3 heterocycles. The van der Waals surface area contributed by atoms with Crippen molar-refractivity contribution in [3.8, 4) is 0 Å². The lowest BCUT2D eigenvalue weighted by Crippen LogP contribution is -2.44. The Morgan fingerprint density at radius 2 is 2.11 bits per heavy atom. The number of nitrogens with one attached hydrogen (secondary N) is 1. The topological polar surface area (TPSA) is 71.3 Å². The zero-order chi connectivity index (χ0) is 19.5. The maximum Gasteiger partial charge on any atom is 0.287 e. The van der Waals surface area contributed by atoms with Crippen molar-refractivity contribution >= 4 is 40.0 Å². The van der Waals surface area contributed by atoms with Gasteiger partial charge in [-0.25, -0.2) is 0 Å². The molecule has 148 valence electrons. The molecule has 1 fully saturated rings. The molecule has 0 unspecified atom stereocenters. The molecule has 6 nitrogen and oxygen atoms in total. The van der Waals surface area contributed by atoms with Crippen molar-refractivity contribution in [3.05, 3.63) is 40.6 Å². The smallest absolute Gasteiger partial charge is 0.287 e. The van der Waals surface area contributed by atoms with E-state index in [2.05, 4.69) is 27.3 Å². The van der Waals surface area contributed by atoms with Crippen LogP contribution in [0.3, 0.4) is 0 Å². The number of rotatable bonds is 6. The Labute approximate surface area is 172 Å². The number of hydrogen-bond donors (Lipinski definition) is 1. The largest absolute Gasteiger partial charge is 0.451 e. The molecular formula is C20H24N4O2S2. The molecule has 1 aromatic carbocycles. The maximum absolute atomic E-state index is 13.0. The minimum Gasteiger partial charge on any atom is -0.451 e. The number of piperidine rings is 1. The van der Waals surface area contributed by atoms with Crippen molar-refractivity contribution in [2.45, 2.75) is 42.8 Å². The number of amides is 1. The number of fused-ring (bicyclic) bond motifs is 1. The van der Waals surface area contributed by atoms with Crippen LogP contribution in [0.15, 0.2) is 33.0 Å². The molecule has 1 N–H and O–H groups in total. The van der Waals surface area contributed by atoms with E-state index in [-0.39, 0.29) is 11.9 Å². The first-order valence-corrected chi connectivity index (χ1v) is 11.4. The lowest BCUT2D eigenvalue weighted by Gasteiger charge is -2.31. The summed E-state index contributed by atoms with van der Waals surface area (Å²) in [7, 11) is 0. The lowest BCUT2D eigenvalue weighted by atomic mass is 10.0. The fourth-order valence-electron chi connectivity index (χ4n) is 3.54. The van der Waals surface area contributed by atoms with Gasteiger partial charge in [0.05, 0.1) is 0 Å². The Morgan fingerprint density at radius 1 is 1.32 bits per heavy atom. The number of benzene rings is 1. The Morgan fingerprint density at radius 3 is 2.82 bits per heavy atom. The summed E-state index contributed by atoms with van der Waals surface area (Å²) in [5.74, 6) is 0.936. The van der Waals surface area contributed by atoms with E-state index >= 15 is 0 Å². The number of likely N-dealkylation sites (tertiary alicyclic amines) is 1. The van der Waals surface area contributed by atoms with E-state index in [0.29, 0.717) is 11.5 Å². The van der Waals surface area contributed by atoms with Crippen LogP contribution in [-0.2, 0) is 5.75 Å². The van der Waals surface area contributed by atoms with Gasteiger partial charge in [0.25, 0.3) is 5.91 Å². The Balaban J connectivity index is 1.53. The second kappa shape index (κ2) is 8.63. The third-order valence-corrected chi connectivity index (χ3v) is 7.12. The van der Waals surface area contributed by atoms with E-state index in [1.165, 1.54) is 0 Å². The summed E-state index contributed by atoms with van der Waals surface area (Å²) in [6.07, 6.45) is 1.96.